The van der Waals surface area contributed by atoms with E-state index in [0.29, 0.717) is 71.7 Å². The molecule has 8 N–H and O–H groups in total. The number of carbonyl (C=O) groups is 2. The van der Waals surface area contributed by atoms with E-state index < -0.39 is 16.5 Å². The van der Waals surface area contributed by atoms with Crippen LogP contribution in [0.15, 0.2) is 121 Å². The van der Waals surface area contributed by atoms with Crippen LogP contribution >= 0.6 is 62.9 Å². The van der Waals surface area contributed by atoms with Gasteiger partial charge in [-0.15, -0.1) is 0 Å². The van der Waals surface area contributed by atoms with Gasteiger partial charge in [0.05, 0.1) is 33.3 Å². The number of hydrogen-bond acceptors (Lipinski definition) is 10. The van der Waals surface area contributed by atoms with Crippen LogP contribution in [0.2, 0.25) is 20.1 Å². The van der Waals surface area contributed by atoms with Crippen LogP contribution in [0, 0.1) is 0 Å². The number of nitrogens with zero attached hydrogens (tertiary/aromatic N) is 2. The summed E-state index contributed by atoms with van der Waals surface area (Å²) in [6.45, 7) is 4.63. The monoisotopic (exact) mass is 1080 g/mol. The zero-order chi connectivity index (χ0) is 49.0. The average molecular weight is 1080 g/mol. The van der Waals surface area contributed by atoms with Crippen LogP contribution in [0.3, 0.4) is 0 Å². The number of hydroxylamine groups is 4. The van der Waals surface area contributed by atoms with Gasteiger partial charge in [0.25, 0.3) is 0 Å². The Balaban J connectivity index is 0.000000360. The molecule has 0 spiro atoms. The van der Waals surface area contributed by atoms with Crippen LogP contribution in [0.1, 0.15) is 86.5 Å². The van der Waals surface area contributed by atoms with Crippen LogP contribution < -0.4 is 12.3 Å². The van der Waals surface area contributed by atoms with Gasteiger partial charge in [-0.2, -0.15) is 0 Å². The Morgan fingerprint density at radius 3 is 1.23 bits per heavy atom. The molecule has 20 heteroatoms. The van der Waals surface area contributed by atoms with Gasteiger partial charge in [0.1, 0.15) is 13.2 Å². The minimum Gasteiger partial charge on any atom is -0.344 e. The molecule has 6 rings (SSSR count). The Bertz CT molecular complexity index is 2470. The van der Waals surface area contributed by atoms with E-state index in [1.165, 1.54) is 24.0 Å². The molecule has 6 aromatic rings. The first kappa shape index (κ1) is 60.4. The molecule has 0 fully saturated rings. The molecule has 0 radical (unpaired) electrons. The highest BCUT2D eigenvalue weighted by Gasteiger charge is 2.20. The molecular weight excluding hydrogens is 1020 g/mol. The molecule has 0 saturated carbocycles. The number of hydrogen-bond donors (Lipinski definition) is 4. The van der Waals surface area contributed by atoms with E-state index in [4.69, 9.17) is 74.9 Å². The normalized spacial score (nSPS) is 12.7. The van der Waals surface area contributed by atoms with Crippen molar-refractivity contribution in [3.8, 4) is 0 Å². The number of halogens is 4. The number of rotatable bonds is 24. The Labute approximate surface area is 431 Å². The van der Waals surface area contributed by atoms with Crippen molar-refractivity contribution in [2.24, 2.45) is 0 Å². The highest BCUT2D eigenvalue weighted by Crippen LogP contribution is 2.33. The number of carbonyl (C=O) groups excluding carboxylic acids is 2. The van der Waals surface area contributed by atoms with Crippen LogP contribution in [-0.4, -0.2) is 58.0 Å². The Morgan fingerprint density at radius 1 is 0.514 bits per heavy atom. The second-order valence-corrected chi connectivity index (χ2v) is 19.3. The van der Waals surface area contributed by atoms with Gasteiger partial charge in [0, 0.05) is 26.9 Å². The van der Waals surface area contributed by atoms with Crippen molar-refractivity contribution in [2.45, 2.75) is 77.4 Å². The van der Waals surface area contributed by atoms with Crippen LogP contribution in [0.25, 0.3) is 21.5 Å². The van der Waals surface area contributed by atoms with E-state index >= 15 is 0 Å². The van der Waals surface area contributed by atoms with Gasteiger partial charge in [-0.25, -0.2) is 10.1 Å². The molecule has 0 saturated heterocycles. The minimum absolute atomic E-state index is 0. The molecule has 0 aliphatic heterocycles. The lowest BCUT2D eigenvalue weighted by Crippen LogP contribution is -2.30. The molecule has 70 heavy (non-hydrogen) atoms. The Kier molecular flexibility index (Phi) is 27.2. The third-order valence-corrected chi connectivity index (χ3v) is 13.5. The number of fused-ring (bicyclic) bond motifs is 2. The first-order valence-electron chi connectivity index (χ1n) is 22.1. The Morgan fingerprint density at radius 2 is 0.886 bits per heavy atom. The SMILES string of the molecule is CC(=O)N(CCC(CCCO[PH](=O)O)c1ccc(Cl)c(Cl)c1)OCc1ccc2ccccc2c1.CC(=O)N(CCC(CCCO[PH](=O)O)c1ccc(Cl)c(Cl)c1)OCc1ccc2ccccc2c1.N.N. The molecule has 0 aromatic heterocycles. The summed E-state index contributed by atoms with van der Waals surface area (Å²) in [5.41, 5.74) is 3.90. The zero-order valence-corrected chi connectivity index (χ0v) is 44.2. The fraction of sp³-hybridized carbons (Fsp3) is 0.320. The van der Waals surface area contributed by atoms with E-state index in [9.17, 15) is 18.7 Å². The van der Waals surface area contributed by atoms with Gasteiger partial charge in [0.15, 0.2) is 0 Å². The van der Waals surface area contributed by atoms with E-state index in [1.807, 2.05) is 84.9 Å². The van der Waals surface area contributed by atoms with Gasteiger partial charge in [-0.05, 0) is 131 Å². The third kappa shape index (κ3) is 20.3. The van der Waals surface area contributed by atoms with Gasteiger partial charge < -0.3 is 31.1 Å². The highest BCUT2D eigenvalue weighted by atomic mass is 35.5. The first-order chi connectivity index (χ1) is 32.7. The maximum atomic E-state index is 12.2. The van der Waals surface area contributed by atoms with Crippen molar-refractivity contribution in [1.29, 1.82) is 0 Å². The summed E-state index contributed by atoms with van der Waals surface area (Å²) in [7, 11) is -5.91. The van der Waals surface area contributed by atoms with Gasteiger partial charge in [-0.1, -0.05) is 131 Å². The van der Waals surface area contributed by atoms with E-state index in [0.717, 1.165) is 43.8 Å². The lowest BCUT2D eigenvalue weighted by molar-refractivity contribution is -0.190. The molecule has 0 bridgehead atoms. The van der Waals surface area contributed by atoms with Crippen molar-refractivity contribution in [3.05, 3.63) is 164 Å². The highest BCUT2D eigenvalue weighted by molar-refractivity contribution is 7.32. The van der Waals surface area contributed by atoms with Crippen LogP contribution in [0.5, 0.6) is 0 Å². The maximum Gasteiger partial charge on any atom is 0.316 e. The van der Waals surface area contributed by atoms with E-state index in [-0.39, 0.29) is 62.4 Å². The first-order valence-corrected chi connectivity index (χ1v) is 26.1. The molecule has 0 aliphatic rings. The molecule has 14 nitrogen and oxygen atoms in total. The fourth-order valence-corrected chi connectivity index (χ4v) is 8.85. The molecular formula is C50H62Cl4N4O10P2. The van der Waals surface area contributed by atoms with Crippen molar-refractivity contribution >= 4 is 96.3 Å². The van der Waals surface area contributed by atoms with Crippen LogP contribution in [-0.2, 0) is 50.7 Å². The maximum absolute atomic E-state index is 12.2. The molecule has 380 valence electrons. The predicted octanol–water partition coefficient (Wildman–Crippen LogP) is 13.9. The van der Waals surface area contributed by atoms with Gasteiger partial charge in [0.2, 0.25) is 11.8 Å². The largest absolute Gasteiger partial charge is 0.344 e. The average Bonchev–Trinajstić information content (AvgIpc) is 3.31. The van der Waals surface area contributed by atoms with Crippen molar-refractivity contribution in [3.63, 3.8) is 0 Å². The minimum atomic E-state index is -2.95. The zero-order valence-electron chi connectivity index (χ0n) is 39.2. The molecule has 0 aliphatic carbocycles. The summed E-state index contributed by atoms with van der Waals surface area (Å²) in [6.07, 6.45) is 3.76. The van der Waals surface area contributed by atoms with Crippen molar-refractivity contribution in [2.75, 3.05) is 26.3 Å². The summed E-state index contributed by atoms with van der Waals surface area (Å²) in [4.78, 5) is 54.0. The predicted molar refractivity (Wildman–Crippen MR) is 283 cm³/mol. The number of benzene rings is 6. The van der Waals surface area contributed by atoms with Gasteiger partial charge in [-0.3, -0.25) is 28.4 Å². The van der Waals surface area contributed by atoms with E-state index in [1.54, 1.807) is 12.1 Å². The quantitative estimate of drug-likeness (QED) is 0.0252. The van der Waals surface area contributed by atoms with E-state index in [2.05, 4.69) is 24.3 Å². The summed E-state index contributed by atoms with van der Waals surface area (Å²) < 4.78 is 31.3. The smallest absolute Gasteiger partial charge is 0.316 e. The summed E-state index contributed by atoms with van der Waals surface area (Å²) >= 11 is 24.6. The molecule has 0 heterocycles. The fourth-order valence-electron chi connectivity index (χ4n) is 7.60. The summed E-state index contributed by atoms with van der Waals surface area (Å²) in [5, 5.41) is 9.13. The van der Waals surface area contributed by atoms with Crippen LogP contribution in [0.4, 0.5) is 0 Å². The number of amides is 2. The second kappa shape index (κ2) is 31.5. The molecule has 4 atom stereocenters. The molecule has 4 unspecified atom stereocenters. The lowest BCUT2D eigenvalue weighted by atomic mass is 9.91. The van der Waals surface area contributed by atoms with Crippen molar-refractivity contribution < 1.29 is 47.2 Å². The molecule has 6 aromatic carbocycles. The third-order valence-electron chi connectivity index (χ3n) is 11.1. The summed E-state index contributed by atoms with van der Waals surface area (Å²) in [5.74, 6) is -0.303. The van der Waals surface area contributed by atoms with Gasteiger partial charge >= 0.3 is 16.5 Å². The molecule has 2 amide bonds. The summed E-state index contributed by atoms with van der Waals surface area (Å²) in [6, 6.07) is 39.3. The topological polar surface area (TPSA) is 222 Å². The lowest BCUT2D eigenvalue weighted by Gasteiger charge is -2.24. The standard InChI is InChI=1S/2C25H28Cl2NO5P.2H3N/c2*1-18(29)28(32-17-19-8-9-20-5-2-3-6-22(20)15-19)13-12-21(7-4-14-33-34(30)31)23-10-11-24(26)25(27)16-23;;/h2*2-3,5-6,8-11,15-16,21,34H,4,7,12-14,17H2,1H3,(H,30,31);2*1H3. The Hall–Kier alpha value is -3.92. The second-order valence-electron chi connectivity index (χ2n) is 16.0. The van der Waals surface area contributed by atoms with Crippen molar-refractivity contribution in [1.82, 2.24) is 22.4 Å².